The summed E-state index contributed by atoms with van der Waals surface area (Å²) < 4.78 is 19.4. The third-order valence-corrected chi connectivity index (χ3v) is 6.16. The minimum atomic E-state index is -0.492. The second-order valence-electron chi connectivity index (χ2n) is 7.15. The average molecular weight is 475 g/mol. The number of furan rings is 1. The molecule has 0 spiro atoms. The molecule has 7 heteroatoms. The number of anilines is 1. The normalized spacial score (nSPS) is 16.2. The number of carbonyl (C=O) groups is 1. The van der Waals surface area contributed by atoms with Crippen LogP contribution >= 0.6 is 23.4 Å². The van der Waals surface area contributed by atoms with Crippen molar-refractivity contribution in [1.82, 2.24) is 0 Å². The highest BCUT2D eigenvalue weighted by atomic mass is 35.5. The first-order valence-corrected chi connectivity index (χ1v) is 11.3. The van der Waals surface area contributed by atoms with E-state index in [0.717, 1.165) is 11.4 Å². The molecule has 3 aromatic carbocycles. The number of hydrogen-bond donors (Lipinski definition) is 0. The van der Waals surface area contributed by atoms with Crippen LogP contribution in [0, 0.1) is 5.82 Å². The predicted octanol–water partition coefficient (Wildman–Crippen LogP) is 7.55. The summed E-state index contributed by atoms with van der Waals surface area (Å²) in [6.07, 6.45) is 1.69. The van der Waals surface area contributed by atoms with Gasteiger partial charge >= 0.3 is 0 Å². The molecule has 0 saturated carbocycles. The number of amides is 1. The Bertz CT molecular complexity index is 1380. The average Bonchev–Trinajstić information content (AvgIpc) is 3.42. The summed E-state index contributed by atoms with van der Waals surface area (Å²) in [4.78, 5) is 20.1. The minimum absolute atomic E-state index is 0.0191. The molecular weight excluding hydrogens is 459 g/mol. The summed E-state index contributed by atoms with van der Waals surface area (Å²) in [5.74, 6) is 0.338. The highest BCUT2D eigenvalue weighted by Gasteiger charge is 2.35. The lowest BCUT2D eigenvalue weighted by Crippen LogP contribution is -2.28. The summed E-state index contributed by atoms with van der Waals surface area (Å²) in [6, 6.07) is 26.8. The van der Waals surface area contributed by atoms with Crippen LogP contribution in [0.1, 0.15) is 5.76 Å². The van der Waals surface area contributed by atoms with E-state index in [9.17, 15) is 9.18 Å². The number of carbonyl (C=O) groups excluding carboxylic acids is 1. The molecule has 1 aliphatic heterocycles. The highest BCUT2D eigenvalue weighted by molar-refractivity contribution is 8.19. The maximum Gasteiger partial charge on any atom is 0.271 e. The van der Waals surface area contributed by atoms with E-state index in [1.165, 1.54) is 23.9 Å². The molecule has 0 aliphatic carbocycles. The number of para-hydroxylation sites is 2. The van der Waals surface area contributed by atoms with E-state index in [-0.39, 0.29) is 10.9 Å². The van der Waals surface area contributed by atoms with Crippen LogP contribution < -0.4 is 4.90 Å². The van der Waals surface area contributed by atoms with E-state index < -0.39 is 5.82 Å². The zero-order valence-electron chi connectivity index (χ0n) is 17.1. The van der Waals surface area contributed by atoms with E-state index in [0.29, 0.717) is 27.2 Å². The molecule has 1 aliphatic rings. The molecule has 5 rings (SSSR count). The minimum Gasteiger partial charge on any atom is -0.457 e. The fourth-order valence-corrected chi connectivity index (χ4v) is 4.49. The zero-order valence-corrected chi connectivity index (χ0v) is 18.7. The second kappa shape index (κ2) is 9.10. The molecule has 4 aromatic rings. The fraction of sp³-hybridized carbons (Fsp3) is 0. The number of amidine groups is 1. The molecule has 1 saturated heterocycles. The summed E-state index contributed by atoms with van der Waals surface area (Å²) in [7, 11) is 0. The second-order valence-corrected chi connectivity index (χ2v) is 8.56. The van der Waals surface area contributed by atoms with Crippen molar-refractivity contribution in [3.8, 4) is 11.3 Å². The third-order valence-electron chi connectivity index (χ3n) is 4.91. The Morgan fingerprint density at radius 3 is 2.39 bits per heavy atom. The number of rotatable bonds is 4. The van der Waals surface area contributed by atoms with Crippen molar-refractivity contribution in [2.45, 2.75) is 0 Å². The standard InChI is InChI=1S/C26H16ClFN2O2S/c27-21-15-17(11-13-22(21)28)23-14-12-20(32-23)16-24-25(31)30(19-9-5-2-6-10-19)26(33-24)29-18-7-3-1-4-8-18/h1-16H/b24-16+,29-26?. The van der Waals surface area contributed by atoms with Crippen molar-refractivity contribution >= 4 is 51.9 Å². The molecule has 0 atom stereocenters. The van der Waals surface area contributed by atoms with Crippen LogP contribution in [0.5, 0.6) is 0 Å². The van der Waals surface area contributed by atoms with Gasteiger partial charge in [0, 0.05) is 11.6 Å². The van der Waals surface area contributed by atoms with Gasteiger partial charge in [-0.25, -0.2) is 9.38 Å². The molecule has 162 valence electrons. The van der Waals surface area contributed by atoms with E-state index in [1.807, 2.05) is 60.7 Å². The molecule has 1 amide bonds. The van der Waals surface area contributed by atoms with Gasteiger partial charge < -0.3 is 4.42 Å². The topological polar surface area (TPSA) is 45.8 Å². The molecule has 33 heavy (non-hydrogen) atoms. The van der Waals surface area contributed by atoms with E-state index in [2.05, 4.69) is 0 Å². The van der Waals surface area contributed by atoms with E-state index in [4.69, 9.17) is 21.0 Å². The van der Waals surface area contributed by atoms with Crippen LogP contribution in [-0.4, -0.2) is 11.1 Å². The summed E-state index contributed by atoms with van der Waals surface area (Å²) >= 11 is 7.17. The lowest BCUT2D eigenvalue weighted by molar-refractivity contribution is -0.113. The number of halogens is 2. The quantitative estimate of drug-likeness (QED) is 0.287. The van der Waals surface area contributed by atoms with Gasteiger partial charge in [0.25, 0.3) is 5.91 Å². The van der Waals surface area contributed by atoms with Gasteiger partial charge in [0.05, 0.1) is 21.3 Å². The largest absolute Gasteiger partial charge is 0.457 e. The smallest absolute Gasteiger partial charge is 0.271 e. The molecule has 1 aromatic heterocycles. The van der Waals surface area contributed by atoms with Crippen molar-refractivity contribution < 1.29 is 13.6 Å². The first kappa shape index (κ1) is 21.2. The van der Waals surface area contributed by atoms with Crippen molar-refractivity contribution in [1.29, 1.82) is 0 Å². The molecule has 1 fully saturated rings. The zero-order chi connectivity index (χ0) is 22.8. The maximum atomic E-state index is 13.5. The third kappa shape index (κ3) is 4.49. The van der Waals surface area contributed by atoms with Crippen molar-refractivity contribution in [3.05, 3.63) is 113 Å². The van der Waals surface area contributed by atoms with Crippen molar-refractivity contribution in [2.75, 3.05) is 4.90 Å². The number of nitrogens with zero attached hydrogens (tertiary/aromatic N) is 2. The number of hydrogen-bond acceptors (Lipinski definition) is 4. The monoisotopic (exact) mass is 474 g/mol. The highest BCUT2D eigenvalue weighted by Crippen LogP contribution is 2.38. The van der Waals surface area contributed by atoms with Crippen LogP contribution in [0.2, 0.25) is 5.02 Å². The molecule has 4 nitrogen and oxygen atoms in total. The first-order valence-electron chi connectivity index (χ1n) is 10.1. The number of thioether (sulfide) groups is 1. The SMILES string of the molecule is O=C1/C(=C\c2ccc(-c3ccc(F)c(Cl)c3)o2)SC(=Nc2ccccc2)N1c1ccccc1. The Hall–Kier alpha value is -3.61. The maximum absolute atomic E-state index is 13.5. The predicted molar refractivity (Wildman–Crippen MR) is 132 cm³/mol. The van der Waals surface area contributed by atoms with Crippen LogP contribution in [0.25, 0.3) is 17.4 Å². The lowest BCUT2D eigenvalue weighted by Gasteiger charge is -2.15. The van der Waals surface area contributed by atoms with Gasteiger partial charge in [0.1, 0.15) is 17.3 Å². The Morgan fingerprint density at radius 2 is 1.67 bits per heavy atom. The lowest BCUT2D eigenvalue weighted by atomic mass is 10.2. The summed E-state index contributed by atoms with van der Waals surface area (Å²) in [6.45, 7) is 0. The van der Waals surface area contributed by atoms with E-state index in [1.54, 1.807) is 29.2 Å². The van der Waals surface area contributed by atoms with Gasteiger partial charge in [0.15, 0.2) is 5.17 Å². The molecule has 0 bridgehead atoms. The van der Waals surface area contributed by atoms with Gasteiger partial charge in [0.2, 0.25) is 0 Å². The van der Waals surface area contributed by atoms with Gasteiger partial charge in [-0.15, -0.1) is 0 Å². The van der Waals surface area contributed by atoms with Crippen molar-refractivity contribution in [2.24, 2.45) is 4.99 Å². The molecule has 0 unspecified atom stereocenters. The molecule has 2 heterocycles. The van der Waals surface area contributed by atoms with Gasteiger partial charge in [-0.1, -0.05) is 48.0 Å². The summed E-state index contributed by atoms with van der Waals surface area (Å²) in [5.41, 5.74) is 2.13. The van der Waals surface area contributed by atoms with Gasteiger partial charge in [-0.3, -0.25) is 9.69 Å². The van der Waals surface area contributed by atoms with Crippen LogP contribution in [-0.2, 0) is 4.79 Å². The van der Waals surface area contributed by atoms with Gasteiger partial charge in [-0.05, 0) is 66.4 Å². The van der Waals surface area contributed by atoms with Crippen LogP contribution in [0.15, 0.2) is 105 Å². The van der Waals surface area contributed by atoms with Crippen LogP contribution in [0.4, 0.5) is 15.8 Å². The fourth-order valence-electron chi connectivity index (χ4n) is 3.33. The number of aliphatic imine (C=N–C) groups is 1. The van der Waals surface area contributed by atoms with Gasteiger partial charge in [-0.2, -0.15) is 0 Å². The Labute approximate surface area is 199 Å². The van der Waals surface area contributed by atoms with Crippen LogP contribution in [0.3, 0.4) is 0 Å². The first-order chi connectivity index (χ1) is 16.1. The summed E-state index contributed by atoms with van der Waals surface area (Å²) in [5, 5.41) is 0.575. The Morgan fingerprint density at radius 1 is 0.939 bits per heavy atom. The molecule has 0 radical (unpaired) electrons. The molecule has 0 N–H and O–H groups in total. The van der Waals surface area contributed by atoms with Crippen molar-refractivity contribution in [3.63, 3.8) is 0 Å². The Balaban J connectivity index is 1.50. The van der Waals surface area contributed by atoms with E-state index >= 15 is 0 Å². The number of benzene rings is 3. The molecular formula is C26H16ClFN2O2S. The Kier molecular flexibility index (Phi) is 5.86.